The molecule has 0 atom stereocenters. The number of sulfonamides is 1. The average Bonchev–Trinajstić information content (AvgIpc) is 3.15. The summed E-state index contributed by atoms with van der Waals surface area (Å²) >= 11 is 0. The third kappa shape index (κ3) is 4.14. The number of rotatable bonds is 6. The van der Waals surface area contributed by atoms with Crippen LogP contribution in [0, 0.1) is 6.92 Å². The molecule has 134 valence electrons. The van der Waals surface area contributed by atoms with Gasteiger partial charge < -0.3 is 9.64 Å². The van der Waals surface area contributed by atoms with E-state index in [1.165, 1.54) is 25.6 Å². The topological polar surface area (TPSA) is 58.6 Å². The van der Waals surface area contributed by atoms with Gasteiger partial charge in [-0.15, -0.1) is 0 Å². The Bertz CT molecular complexity index is 826. The van der Waals surface area contributed by atoms with Crippen molar-refractivity contribution in [3.63, 3.8) is 0 Å². The summed E-state index contributed by atoms with van der Waals surface area (Å²) in [6, 6.07) is 13.2. The van der Waals surface area contributed by atoms with E-state index in [0.29, 0.717) is 5.75 Å². The number of benzene rings is 2. The van der Waals surface area contributed by atoms with Crippen molar-refractivity contribution in [2.24, 2.45) is 0 Å². The highest BCUT2D eigenvalue weighted by molar-refractivity contribution is 7.89. The first kappa shape index (κ1) is 17.8. The molecule has 3 rings (SSSR count). The maximum absolute atomic E-state index is 12.6. The van der Waals surface area contributed by atoms with Crippen LogP contribution in [0.25, 0.3) is 0 Å². The molecule has 1 heterocycles. The molecule has 2 aromatic rings. The van der Waals surface area contributed by atoms with Gasteiger partial charge in [0.05, 0.1) is 7.11 Å². The summed E-state index contributed by atoms with van der Waals surface area (Å²) in [6.45, 7) is 4.30. The molecule has 1 fully saturated rings. The molecule has 0 spiro atoms. The maximum Gasteiger partial charge on any atom is 0.244 e. The van der Waals surface area contributed by atoms with E-state index in [-0.39, 0.29) is 11.4 Å². The van der Waals surface area contributed by atoms with Gasteiger partial charge in [0.2, 0.25) is 10.0 Å². The average molecular weight is 360 g/mol. The summed E-state index contributed by atoms with van der Waals surface area (Å²) in [6.07, 6.45) is 2.47. The van der Waals surface area contributed by atoms with Crippen molar-refractivity contribution in [2.45, 2.75) is 31.2 Å². The molecule has 0 bridgehead atoms. The van der Waals surface area contributed by atoms with E-state index in [4.69, 9.17) is 4.74 Å². The predicted molar refractivity (Wildman–Crippen MR) is 99.6 cm³/mol. The van der Waals surface area contributed by atoms with Gasteiger partial charge in [-0.25, -0.2) is 13.1 Å². The van der Waals surface area contributed by atoms with Crippen molar-refractivity contribution in [2.75, 3.05) is 25.1 Å². The van der Waals surface area contributed by atoms with Crippen LogP contribution >= 0.6 is 0 Å². The van der Waals surface area contributed by atoms with Gasteiger partial charge in [0.15, 0.2) is 0 Å². The second-order valence-corrected chi connectivity index (χ2v) is 8.07. The summed E-state index contributed by atoms with van der Waals surface area (Å²) in [4.78, 5) is 2.52. The maximum atomic E-state index is 12.6. The number of ether oxygens (including phenoxy) is 1. The first-order valence-electron chi connectivity index (χ1n) is 8.48. The van der Waals surface area contributed by atoms with Crippen molar-refractivity contribution in [1.82, 2.24) is 4.72 Å². The largest absolute Gasteiger partial charge is 0.495 e. The number of aryl methyl sites for hydroxylation is 1. The molecule has 0 aliphatic carbocycles. The third-order valence-electron chi connectivity index (χ3n) is 4.48. The monoisotopic (exact) mass is 360 g/mol. The van der Waals surface area contributed by atoms with Crippen LogP contribution in [0.2, 0.25) is 0 Å². The standard InChI is InChI=1S/C19H24N2O3S/c1-15-5-10-18(24-2)19(13-15)25(22,23)20-14-16-6-8-17(9-7-16)21-11-3-4-12-21/h5-10,13,20H,3-4,11-12,14H2,1-2H3. The van der Waals surface area contributed by atoms with Crippen LogP contribution in [0.4, 0.5) is 5.69 Å². The fraction of sp³-hybridized carbons (Fsp3) is 0.368. The molecular formula is C19H24N2O3S. The number of hydrogen-bond donors (Lipinski definition) is 1. The highest BCUT2D eigenvalue weighted by Crippen LogP contribution is 2.25. The molecule has 1 aliphatic rings. The Labute approximate surface area is 149 Å². The zero-order valence-electron chi connectivity index (χ0n) is 14.7. The Kier molecular flexibility index (Phi) is 5.30. The second-order valence-electron chi connectivity index (χ2n) is 6.34. The lowest BCUT2D eigenvalue weighted by Crippen LogP contribution is -2.24. The molecule has 0 unspecified atom stereocenters. The van der Waals surface area contributed by atoms with Gasteiger partial charge in [-0.2, -0.15) is 0 Å². The lowest BCUT2D eigenvalue weighted by Gasteiger charge is -2.18. The molecule has 25 heavy (non-hydrogen) atoms. The van der Waals surface area contributed by atoms with Gasteiger partial charge in [0.25, 0.3) is 0 Å². The van der Waals surface area contributed by atoms with Crippen LogP contribution in [0.15, 0.2) is 47.4 Å². The van der Waals surface area contributed by atoms with E-state index < -0.39 is 10.0 Å². The summed E-state index contributed by atoms with van der Waals surface area (Å²) in [5.41, 5.74) is 3.00. The first-order chi connectivity index (χ1) is 12.0. The number of anilines is 1. The molecule has 1 N–H and O–H groups in total. The van der Waals surface area contributed by atoms with E-state index in [0.717, 1.165) is 24.2 Å². The zero-order valence-corrected chi connectivity index (χ0v) is 15.5. The SMILES string of the molecule is COc1ccc(C)cc1S(=O)(=O)NCc1ccc(N2CCCC2)cc1. The van der Waals surface area contributed by atoms with Gasteiger partial charge >= 0.3 is 0 Å². The van der Waals surface area contributed by atoms with Crippen LogP contribution < -0.4 is 14.4 Å². The quantitative estimate of drug-likeness (QED) is 0.860. The molecule has 2 aromatic carbocycles. The molecule has 1 aliphatic heterocycles. The van der Waals surface area contributed by atoms with Crippen LogP contribution in [-0.4, -0.2) is 28.6 Å². The molecule has 0 aromatic heterocycles. The Morgan fingerprint density at radius 2 is 1.76 bits per heavy atom. The lowest BCUT2D eigenvalue weighted by molar-refractivity contribution is 0.402. The molecule has 1 saturated heterocycles. The van der Waals surface area contributed by atoms with Gasteiger partial charge in [-0.05, 0) is 55.2 Å². The Morgan fingerprint density at radius 3 is 2.40 bits per heavy atom. The number of methoxy groups -OCH3 is 1. The van der Waals surface area contributed by atoms with Crippen molar-refractivity contribution < 1.29 is 13.2 Å². The molecule has 6 heteroatoms. The van der Waals surface area contributed by atoms with E-state index in [1.807, 2.05) is 25.1 Å². The Balaban J connectivity index is 1.71. The van der Waals surface area contributed by atoms with Crippen molar-refractivity contribution in [3.8, 4) is 5.75 Å². The van der Waals surface area contributed by atoms with Crippen molar-refractivity contribution in [3.05, 3.63) is 53.6 Å². The minimum Gasteiger partial charge on any atom is -0.495 e. The predicted octanol–water partition coefficient (Wildman–Crippen LogP) is 3.08. The van der Waals surface area contributed by atoms with Gasteiger partial charge in [-0.1, -0.05) is 18.2 Å². The van der Waals surface area contributed by atoms with E-state index >= 15 is 0 Å². The fourth-order valence-corrected chi connectivity index (χ4v) is 4.32. The van der Waals surface area contributed by atoms with Crippen molar-refractivity contribution in [1.29, 1.82) is 0 Å². The summed E-state index contributed by atoms with van der Waals surface area (Å²) in [7, 11) is -2.16. The highest BCUT2D eigenvalue weighted by atomic mass is 32.2. The highest BCUT2D eigenvalue weighted by Gasteiger charge is 2.19. The van der Waals surface area contributed by atoms with E-state index in [1.54, 1.807) is 12.1 Å². The summed E-state index contributed by atoms with van der Waals surface area (Å²) in [5.74, 6) is 0.350. The third-order valence-corrected chi connectivity index (χ3v) is 5.90. The second kappa shape index (κ2) is 7.45. The molecular weight excluding hydrogens is 336 g/mol. The lowest BCUT2D eigenvalue weighted by atomic mass is 10.2. The molecule has 0 amide bonds. The van der Waals surface area contributed by atoms with Crippen molar-refractivity contribution >= 4 is 15.7 Å². The summed E-state index contributed by atoms with van der Waals surface area (Å²) < 4.78 is 33.1. The molecule has 0 saturated carbocycles. The van der Waals surface area contributed by atoms with Crippen LogP contribution in [-0.2, 0) is 16.6 Å². The molecule has 5 nitrogen and oxygen atoms in total. The number of nitrogens with zero attached hydrogens (tertiary/aromatic N) is 1. The van der Waals surface area contributed by atoms with Gasteiger partial charge in [-0.3, -0.25) is 0 Å². The van der Waals surface area contributed by atoms with Gasteiger partial charge in [0.1, 0.15) is 10.6 Å². The minimum absolute atomic E-state index is 0.170. The Hall–Kier alpha value is -2.05. The summed E-state index contributed by atoms with van der Waals surface area (Å²) in [5, 5.41) is 0. The van der Waals surface area contributed by atoms with Crippen LogP contribution in [0.3, 0.4) is 0 Å². The fourth-order valence-electron chi connectivity index (χ4n) is 3.05. The normalized spacial score (nSPS) is 14.7. The zero-order chi connectivity index (χ0) is 17.9. The van der Waals surface area contributed by atoms with Crippen LogP contribution in [0.1, 0.15) is 24.0 Å². The van der Waals surface area contributed by atoms with E-state index in [9.17, 15) is 8.42 Å². The minimum atomic E-state index is -3.63. The number of nitrogens with one attached hydrogen (secondary N) is 1. The van der Waals surface area contributed by atoms with E-state index in [2.05, 4.69) is 21.8 Å². The Morgan fingerprint density at radius 1 is 1.08 bits per heavy atom. The number of hydrogen-bond acceptors (Lipinski definition) is 4. The van der Waals surface area contributed by atoms with Crippen LogP contribution in [0.5, 0.6) is 5.75 Å². The molecule has 0 radical (unpaired) electrons. The van der Waals surface area contributed by atoms with Gasteiger partial charge in [0, 0.05) is 25.3 Å². The first-order valence-corrected chi connectivity index (χ1v) is 9.96. The smallest absolute Gasteiger partial charge is 0.244 e.